The highest BCUT2D eigenvalue weighted by molar-refractivity contribution is 5.94. The first-order valence-electron chi connectivity index (χ1n) is 8.08. The number of hydrogen-bond donors (Lipinski definition) is 1. The van der Waals surface area contributed by atoms with Crippen molar-refractivity contribution in [3.05, 3.63) is 52.8 Å². The Morgan fingerprint density at radius 2 is 2.09 bits per heavy atom. The van der Waals surface area contributed by atoms with Gasteiger partial charge in [0.25, 0.3) is 5.91 Å². The van der Waals surface area contributed by atoms with E-state index in [2.05, 4.69) is 29.5 Å². The highest BCUT2D eigenvalue weighted by atomic mass is 16.1. The molecule has 0 bridgehead atoms. The van der Waals surface area contributed by atoms with Gasteiger partial charge in [-0.2, -0.15) is 5.10 Å². The van der Waals surface area contributed by atoms with E-state index in [1.54, 1.807) is 4.68 Å². The van der Waals surface area contributed by atoms with Crippen LogP contribution in [-0.2, 0) is 19.9 Å². The minimum atomic E-state index is 0.00377. The first kappa shape index (κ1) is 14.8. The number of amides is 1. The topological polar surface area (TPSA) is 46.9 Å². The number of hydrogen-bond acceptors (Lipinski definition) is 2. The van der Waals surface area contributed by atoms with Crippen LogP contribution in [-0.4, -0.2) is 15.7 Å². The first-order valence-corrected chi connectivity index (χ1v) is 8.08. The lowest BCUT2D eigenvalue weighted by atomic mass is 9.90. The average Bonchev–Trinajstić information content (AvgIpc) is 2.98. The molecule has 1 aliphatic carbocycles. The fourth-order valence-electron chi connectivity index (χ4n) is 3.16. The molecule has 1 aromatic carbocycles. The van der Waals surface area contributed by atoms with Gasteiger partial charge in [0.1, 0.15) is 0 Å². The predicted molar refractivity (Wildman–Crippen MR) is 86.8 cm³/mol. The van der Waals surface area contributed by atoms with Crippen molar-refractivity contribution in [2.24, 2.45) is 7.05 Å². The summed E-state index contributed by atoms with van der Waals surface area (Å²) in [6.07, 6.45) is 9.36. The van der Waals surface area contributed by atoms with E-state index < -0.39 is 0 Å². The van der Waals surface area contributed by atoms with Crippen LogP contribution in [0.3, 0.4) is 0 Å². The number of carbonyl (C=O) groups excluding carboxylic acids is 1. The molecular weight excluding hydrogens is 274 g/mol. The van der Waals surface area contributed by atoms with E-state index in [9.17, 15) is 4.79 Å². The highest BCUT2D eigenvalue weighted by Gasteiger charge is 2.17. The van der Waals surface area contributed by atoms with Gasteiger partial charge in [-0.05, 0) is 55.4 Å². The molecule has 1 heterocycles. The molecule has 0 fully saturated rings. The number of aryl methyl sites for hydroxylation is 3. The SMILES string of the molecule is CC[C@@H](NC(=O)c1ccc2c(c1)CCCC2)c1cnn(C)c1. The molecule has 1 aliphatic rings. The molecular formula is C18H23N3O. The first-order chi connectivity index (χ1) is 10.7. The molecule has 0 spiro atoms. The molecule has 0 radical (unpaired) electrons. The lowest BCUT2D eigenvalue weighted by Crippen LogP contribution is -2.28. The third-order valence-electron chi connectivity index (χ3n) is 4.45. The van der Waals surface area contributed by atoms with E-state index in [0.29, 0.717) is 0 Å². The van der Waals surface area contributed by atoms with Crippen LogP contribution >= 0.6 is 0 Å². The van der Waals surface area contributed by atoms with Crippen LogP contribution in [0.15, 0.2) is 30.6 Å². The van der Waals surface area contributed by atoms with E-state index in [-0.39, 0.29) is 11.9 Å². The Labute approximate surface area is 131 Å². The second-order valence-electron chi connectivity index (χ2n) is 6.07. The Bertz CT molecular complexity index is 675. The molecule has 1 amide bonds. The zero-order chi connectivity index (χ0) is 15.5. The summed E-state index contributed by atoms with van der Waals surface area (Å²) in [6.45, 7) is 2.07. The molecule has 4 nitrogen and oxygen atoms in total. The van der Waals surface area contributed by atoms with Crippen LogP contribution in [0.1, 0.15) is 59.3 Å². The van der Waals surface area contributed by atoms with Gasteiger partial charge >= 0.3 is 0 Å². The number of benzene rings is 1. The Balaban J connectivity index is 1.75. The summed E-state index contributed by atoms with van der Waals surface area (Å²) < 4.78 is 1.77. The lowest BCUT2D eigenvalue weighted by Gasteiger charge is -2.18. The normalized spacial score (nSPS) is 15.2. The van der Waals surface area contributed by atoms with Crippen molar-refractivity contribution >= 4 is 5.91 Å². The van der Waals surface area contributed by atoms with Crippen molar-refractivity contribution in [3.8, 4) is 0 Å². The number of nitrogens with zero attached hydrogens (tertiary/aromatic N) is 2. The molecule has 1 aromatic heterocycles. The Hall–Kier alpha value is -2.10. The predicted octanol–water partition coefficient (Wildman–Crippen LogP) is 3.18. The maximum atomic E-state index is 12.5. The van der Waals surface area contributed by atoms with Crippen LogP contribution < -0.4 is 5.32 Å². The number of aromatic nitrogens is 2. The van der Waals surface area contributed by atoms with E-state index in [1.807, 2.05) is 25.5 Å². The minimum Gasteiger partial charge on any atom is -0.345 e. The quantitative estimate of drug-likeness (QED) is 0.942. The second kappa shape index (κ2) is 6.34. The van der Waals surface area contributed by atoms with Crippen molar-refractivity contribution in [3.63, 3.8) is 0 Å². The standard InChI is InChI=1S/C18H23N3O/c1-3-17(16-11-19-21(2)12-16)20-18(22)15-9-8-13-6-4-5-7-14(13)10-15/h8-12,17H,3-7H2,1-2H3,(H,20,22)/t17-/m1/s1. The summed E-state index contributed by atoms with van der Waals surface area (Å²) >= 11 is 0. The Morgan fingerprint density at radius 3 is 2.77 bits per heavy atom. The number of carbonyl (C=O) groups is 1. The molecule has 3 rings (SSSR count). The van der Waals surface area contributed by atoms with Crippen molar-refractivity contribution in [2.45, 2.75) is 45.1 Å². The maximum Gasteiger partial charge on any atom is 0.251 e. The molecule has 1 atom stereocenters. The summed E-state index contributed by atoms with van der Waals surface area (Å²) in [5.41, 5.74) is 4.56. The van der Waals surface area contributed by atoms with Crippen LogP contribution in [0.5, 0.6) is 0 Å². The third kappa shape index (κ3) is 3.06. The monoisotopic (exact) mass is 297 g/mol. The van der Waals surface area contributed by atoms with Crippen molar-refractivity contribution in [1.82, 2.24) is 15.1 Å². The molecule has 116 valence electrons. The molecule has 0 unspecified atom stereocenters. The van der Waals surface area contributed by atoms with E-state index in [4.69, 9.17) is 0 Å². The minimum absolute atomic E-state index is 0.00377. The van der Waals surface area contributed by atoms with Gasteiger partial charge in [0.15, 0.2) is 0 Å². The molecule has 0 saturated carbocycles. The van der Waals surface area contributed by atoms with Crippen LogP contribution in [0.4, 0.5) is 0 Å². The fraction of sp³-hybridized carbons (Fsp3) is 0.444. The summed E-state index contributed by atoms with van der Waals surface area (Å²) in [5.74, 6) is 0.00377. The van der Waals surface area contributed by atoms with Gasteiger partial charge < -0.3 is 5.32 Å². The van der Waals surface area contributed by atoms with Gasteiger partial charge in [0.05, 0.1) is 12.2 Å². The molecule has 0 saturated heterocycles. The summed E-state index contributed by atoms with van der Waals surface area (Å²) in [7, 11) is 1.89. The van der Waals surface area contributed by atoms with Crippen molar-refractivity contribution in [1.29, 1.82) is 0 Å². The van der Waals surface area contributed by atoms with Crippen LogP contribution in [0.25, 0.3) is 0 Å². The number of nitrogens with one attached hydrogen (secondary N) is 1. The van der Waals surface area contributed by atoms with Gasteiger partial charge in [0, 0.05) is 24.4 Å². The van der Waals surface area contributed by atoms with E-state index >= 15 is 0 Å². The van der Waals surface area contributed by atoms with E-state index in [0.717, 1.165) is 30.4 Å². The maximum absolute atomic E-state index is 12.5. The lowest BCUT2D eigenvalue weighted by molar-refractivity contribution is 0.0935. The van der Waals surface area contributed by atoms with E-state index in [1.165, 1.54) is 24.0 Å². The molecule has 0 aliphatic heterocycles. The van der Waals surface area contributed by atoms with Crippen molar-refractivity contribution in [2.75, 3.05) is 0 Å². The fourth-order valence-corrected chi connectivity index (χ4v) is 3.16. The summed E-state index contributed by atoms with van der Waals surface area (Å²) in [6, 6.07) is 6.15. The van der Waals surface area contributed by atoms with Crippen LogP contribution in [0.2, 0.25) is 0 Å². The number of fused-ring (bicyclic) bond motifs is 1. The Morgan fingerprint density at radius 1 is 1.32 bits per heavy atom. The zero-order valence-corrected chi connectivity index (χ0v) is 13.3. The van der Waals surface area contributed by atoms with Gasteiger partial charge in [0.2, 0.25) is 0 Å². The van der Waals surface area contributed by atoms with Gasteiger partial charge in [-0.15, -0.1) is 0 Å². The Kier molecular flexibility index (Phi) is 4.27. The smallest absolute Gasteiger partial charge is 0.251 e. The zero-order valence-electron chi connectivity index (χ0n) is 13.3. The third-order valence-corrected chi connectivity index (χ3v) is 4.45. The van der Waals surface area contributed by atoms with Crippen molar-refractivity contribution < 1.29 is 4.79 Å². The summed E-state index contributed by atoms with van der Waals surface area (Å²) in [4.78, 5) is 12.5. The van der Waals surface area contributed by atoms with Crippen LogP contribution in [0, 0.1) is 0 Å². The van der Waals surface area contributed by atoms with Gasteiger partial charge in [-0.25, -0.2) is 0 Å². The van der Waals surface area contributed by atoms with Gasteiger partial charge in [-0.3, -0.25) is 9.48 Å². The average molecular weight is 297 g/mol. The molecule has 1 N–H and O–H groups in total. The molecule has 22 heavy (non-hydrogen) atoms. The van der Waals surface area contributed by atoms with Gasteiger partial charge in [-0.1, -0.05) is 13.0 Å². The number of rotatable bonds is 4. The molecule has 2 aromatic rings. The highest BCUT2D eigenvalue weighted by Crippen LogP contribution is 2.23. The second-order valence-corrected chi connectivity index (χ2v) is 6.07. The summed E-state index contributed by atoms with van der Waals surface area (Å²) in [5, 5.41) is 7.32. The largest absolute Gasteiger partial charge is 0.345 e. The molecule has 4 heteroatoms.